The molecule has 0 unspecified atom stereocenters. The summed E-state index contributed by atoms with van der Waals surface area (Å²) in [4.78, 5) is 15.9. The number of carbonyl (C=O) groups is 1. The summed E-state index contributed by atoms with van der Waals surface area (Å²) in [5.41, 5.74) is 2.95. The Kier molecular flexibility index (Phi) is 5.84. The summed E-state index contributed by atoms with van der Waals surface area (Å²) in [6, 6.07) is 13.4. The predicted molar refractivity (Wildman–Crippen MR) is 104 cm³/mol. The van der Waals surface area contributed by atoms with Crippen molar-refractivity contribution in [2.24, 2.45) is 0 Å². The van der Waals surface area contributed by atoms with Crippen LogP contribution in [0.5, 0.6) is 0 Å². The molecule has 25 heavy (non-hydrogen) atoms. The summed E-state index contributed by atoms with van der Waals surface area (Å²) in [5.74, 6) is 0.0385. The Hall–Kier alpha value is -1.75. The summed E-state index contributed by atoms with van der Waals surface area (Å²) in [5, 5.41) is 4.42. The first kappa shape index (κ1) is 18.1. The Morgan fingerprint density at radius 3 is 2.52 bits per heavy atom. The fourth-order valence-corrected chi connectivity index (χ4v) is 3.53. The van der Waals surface area contributed by atoms with Crippen molar-refractivity contribution in [2.45, 2.75) is 6.92 Å². The number of benzene rings is 2. The first-order chi connectivity index (χ1) is 12.0. The molecule has 6 heteroatoms. The zero-order valence-corrected chi connectivity index (χ0v) is 15.7. The Labute approximate surface area is 158 Å². The number of aryl methyl sites for hydroxylation is 1. The number of nitrogens with one attached hydrogen (secondary N) is 2. The van der Waals surface area contributed by atoms with Crippen LogP contribution in [-0.2, 0) is 4.79 Å². The molecular formula is C19H22Cl2N3O+. The maximum Gasteiger partial charge on any atom is 0.279 e. The third kappa shape index (κ3) is 4.88. The Balaban J connectivity index is 1.51. The second-order valence-corrected chi connectivity index (χ2v) is 7.27. The number of anilines is 2. The maximum absolute atomic E-state index is 12.3. The first-order valence-electron chi connectivity index (χ1n) is 8.41. The zero-order valence-electron chi connectivity index (χ0n) is 14.2. The molecule has 0 atom stereocenters. The highest BCUT2D eigenvalue weighted by atomic mass is 35.5. The second kappa shape index (κ2) is 8.09. The smallest absolute Gasteiger partial charge is 0.279 e. The van der Waals surface area contributed by atoms with Gasteiger partial charge in [0.15, 0.2) is 6.54 Å². The standard InChI is InChI=1S/C19H21Cl2N3O/c1-14-11-16(21)5-6-18(14)22-19(25)13-23-7-9-24(10-8-23)17-4-2-3-15(20)12-17/h2-6,11-12H,7-10,13H2,1H3,(H,22,25)/p+1. The van der Waals surface area contributed by atoms with E-state index in [1.165, 1.54) is 4.90 Å². The Bertz CT molecular complexity index is 758. The Morgan fingerprint density at radius 2 is 1.84 bits per heavy atom. The lowest BCUT2D eigenvalue weighted by atomic mass is 10.2. The van der Waals surface area contributed by atoms with E-state index in [9.17, 15) is 4.79 Å². The number of piperazine rings is 1. The molecule has 1 aliphatic rings. The number of halogens is 2. The van der Waals surface area contributed by atoms with Gasteiger partial charge in [-0.25, -0.2) is 0 Å². The van der Waals surface area contributed by atoms with E-state index in [4.69, 9.17) is 23.2 Å². The van der Waals surface area contributed by atoms with Crippen molar-refractivity contribution in [3.05, 3.63) is 58.1 Å². The fourth-order valence-electron chi connectivity index (χ4n) is 3.12. The summed E-state index contributed by atoms with van der Waals surface area (Å²) in [6.07, 6.45) is 0. The molecule has 0 radical (unpaired) electrons. The van der Waals surface area contributed by atoms with Crippen molar-refractivity contribution in [3.63, 3.8) is 0 Å². The molecule has 0 bridgehead atoms. The third-order valence-electron chi connectivity index (χ3n) is 4.52. The summed E-state index contributed by atoms with van der Waals surface area (Å²) < 4.78 is 0. The largest absolute Gasteiger partial charge is 0.360 e. The summed E-state index contributed by atoms with van der Waals surface area (Å²) in [7, 11) is 0. The number of rotatable bonds is 4. The monoisotopic (exact) mass is 378 g/mol. The molecular weight excluding hydrogens is 357 g/mol. The minimum atomic E-state index is 0.0385. The van der Waals surface area contributed by atoms with E-state index in [-0.39, 0.29) is 5.91 Å². The van der Waals surface area contributed by atoms with Gasteiger partial charge in [0.05, 0.1) is 26.2 Å². The first-order valence-corrected chi connectivity index (χ1v) is 9.17. The molecule has 0 aliphatic carbocycles. The van der Waals surface area contributed by atoms with Gasteiger partial charge in [0, 0.05) is 21.4 Å². The molecule has 1 amide bonds. The lowest BCUT2D eigenvalue weighted by Crippen LogP contribution is -3.15. The SMILES string of the molecule is Cc1cc(Cl)ccc1NC(=O)C[NH+]1CCN(c2cccc(Cl)c2)CC1. The van der Waals surface area contributed by atoms with E-state index in [0.29, 0.717) is 11.6 Å². The van der Waals surface area contributed by atoms with Gasteiger partial charge in [0.1, 0.15) is 0 Å². The average molecular weight is 379 g/mol. The van der Waals surface area contributed by atoms with Crippen LogP contribution in [0.2, 0.25) is 10.0 Å². The topological polar surface area (TPSA) is 36.8 Å². The van der Waals surface area contributed by atoms with Gasteiger partial charge in [-0.2, -0.15) is 0 Å². The van der Waals surface area contributed by atoms with Crippen LogP contribution in [0.1, 0.15) is 5.56 Å². The average Bonchev–Trinajstić information content (AvgIpc) is 2.58. The molecule has 1 fully saturated rings. The van der Waals surface area contributed by atoms with Crippen LogP contribution in [0.25, 0.3) is 0 Å². The van der Waals surface area contributed by atoms with Crippen LogP contribution in [0.15, 0.2) is 42.5 Å². The summed E-state index contributed by atoms with van der Waals surface area (Å²) >= 11 is 12.0. The molecule has 0 spiro atoms. The van der Waals surface area contributed by atoms with Crippen LogP contribution < -0.4 is 15.1 Å². The van der Waals surface area contributed by atoms with E-state index in [2.05, 4.69) is 16.3 Å². The van der Waals surface area contributed by atoms with Crippen LogP contribution in [0, 0.1) is 6.92 Å². The predicted octanol–water partition coefficient (Wildman–Crippen LogP) is 2.65. The molecule has 4 nitrogen and oxygen atoms in total. The zero-order chi connectivity index (χ0) is 17.8. The highest BCUT2D eigenvalue weighted by Crippen LogP contribution is 2.20. The molecule has 1 saturated heterocycles. The van der Waals surface area contributed by atoms with Gasteiger partial charge in [0.2, 0.25) is 0 Å². The number of hydrogen-bond acceptors (Lipinski definition) is 2. The van der Waals surface area contributed by atoms with Gasteiger partial charge in [-0.1, -0.05) is 29.3 Å². The van der Waals surface area contributed by atoms with E-state index in [1.54, 1.807) is 6.07 Å². The third-order valence-corrected chi connectivity index (χ3v) is 4.99. The number of carbonyl (C=O) groups excluding carboxylic acids is 1. The van der Waals surface area contributed by atoms with Gasteiger partial charge in [-0.3, -0.25) is 4.79 Å². The number of amides is 1. The minimum absolute atomic E-state index is 0.0385. The van der Waals surface area contributed by atoms with E-state index in [0.717, 1.165) is 48.1 Å². The lowest BCUT2D eigenvalue weighted by Gasteiger charge is -2.33. The normalized spacial score (nSPS) is 15.2. The maximum atomic E-state index is 12.3. The quantitative estimate of drug-likeness (QED) is 0.857. The molecule has 2 aromatic rings. The molecule has 1 aliphatic heterocycles. The summed E-state index contributed by atoms with van der Waals surface area (Å²) in [6.45, 7) is 6.12. The van der Waals surface area contributed by atoms with E-state index in [1.807, 2.05) is 37.3 Å². The molecule has 132 valence electrons. The lowest BCUT2D eigenvalue weighted by molar-refractivity contribution is -0.892. The molecule has 1 heterocycles. The fraction of sp³-hybridized carbons (Fsp3) is 0.316. The van der Waals surface area contributed by atoms with Gasteiger partial charge in [-0.15, -0.1) is 0 Å². The van der Waals surface area contributed by atoms with Crippen molar-refractivity contribution in [1.29, 1.82) is 0 Å². The highest BCUT2D eigenvalue weighted by molar-refractivity contribution is 6.31. The Morgan fingerprint density at radius 1 is 1.12 bits per heavy atom. The molecule has 2 aromatic carbocycles. The molecule has 0 aromatic heterocycles. The van der Waals surface area contributed by atoms with Crippen molar-refractivity contribution in [3.8, 4) is 0 Å². The van der Waals surface area contributed by atoms with Crippen LogP contribution in [0.3, 0.4) is 0 Å². The van der Waals surface area contributed by atoms with Crippen molar-refractivity contribution in [2.75, 3.05) is 42.9 Å². The van der Waals surface area contributed by atoms with Gasteiger partial charge >= 0.3 is 0 Å². The van der Waals surface area contributed by atoms with Gasteiger partial charge in [-0.05, 0) is 48.9 Å². The second-order valence-electron chi connectivity index (χ2n) is 6.40. The van der Waals surface area contributed by atoms with E-state index < -0.39 is 0 Å². The number of quaternary nitrogens is 1. The molecule has 3 rings (SSSR count). The van der Waals surface area contributed by atoms with Crippen LogP contribution in [-0.4, -0.2) is 38.6 Å². The van der Waals surface area contributed by atoms with Crippen molar-refractivity contribution in [1.82, 2.24) is 0 Å². The molecule has 2 N–H and O–H groups in total. The van der Waals surface area contributed by atoms with Gasteiger partial charge in [0.25, 0.3) is 5.91 Å². The molecule has 0 saturated carbocycles. The number of hydrogen-bond donors (Lipinski definition) is 2. The van der Waals surface area contributed by atoms with Crippen molar-refractivity contribution >= 4 is 40.5 Å². The minimum Gasteiger partial charge on any atom is -0.360 e. The van der Waals surface area contributed by atoms with Gasteiger partial charge < -0.3 is 15.1 Å². The van der Waals surface area contributed by atoms with Crippen molar-refractivity contribution < 1.29 is 9.69 Å². The van der Waals surface area contributed by atoms with Crippen LogP contribution in [0.4, 0.5) is 11.4 Å². The highest BCUT2D eigenvalue weighted by Gasteiger charge is 2.22. The van der Waals surface area contributed by atoms with E-state index >= 15 is 0 Å². The number of nitrogens with zero attached hydrogens (tertiary/aromatic N) is 1. The van der Waals surface area contributed by atoms with Crippen LogP contribution >= 0.6 is 23.2 Å².